The van der Waals surface area contributed by atoms with Gasteiger partial charge < -0.3 is 23.7 Å². The molecular weight excluding hydrogens is 575 g/mol. The highest BCUT2D eigenvalue weighted by molar-refractivity contribution is 6.01. The van der Waals surface area contributed by atoms with E-state index in [1.54, 1.807) is 13.1 Å². The van der Waals surface area contributed by atoms with E-state index in [1.807, 2.05) is 71.4 Å². The topological polar surface area (TPSA) is 113 Å². The van der Waals surface area contributed by atoms with Crippen molar-refractivity contribution in [3.05, 3.63) is 70.1 Å². The number of aliphatic carboxylic acids is 1. The number of halogens is 1. The van der Waals surface area contributed by atoms with E-state index in [1.165, 1.54) is 6.07 Å². The van der Waals surface area contributed by atoms with Gasteiger partial charge in [-0.1, -0.05) is 5.16 Å². The fourth-order valence-corrected chi connectivity index (χ4v) is 6.42. The average Bonchev–Trinajstić information content (AvgIpc) is 3.50. The van der Waals surface area contributed by atoms with Crippen LogP contribution in [0.5, 0.6) is 5.75 Å². The Bertz CT molecular complexity index is 1970. The Morgan fingerprint density at radius 2 is 1.87 bits per heavy atom. The zero-order valence-electron chi connectivity index (χ0n) is 26.8. The van der Waals surface area contributed by atoms with Crippen molar-refractivity contribution in [3.63, 3.8) is 0 Å². The zero-order chi connectivity index (χ0) is 32.4. The van der Waals surface area contributed by atoms with Gasteiger partial charge in [-0.2, -0.15) is 0 Å². The third-order valence-electron chi connectivity index (χ3n) is 8.41. The van der Waals surface area contributed by atoms with Crippen LogP contribution in [0.3, 0.4) is 0 Å². The highest BCUT2D eigenvalue weighted by Gasteiger charge is 2.34. The molecule has 1 atom stereocenters. The third kappa shape index (κ3) is 5.27. The molecule has 6 rings (SSSR count). The monoisotopic (exact) mass is 612 g/mol. The Kier molecular flexibility index (Phi) is 7.51. The van der Waals surface area contributed by atoms with Gasteiger partial charge in [0.2, 0.25) is 0 Å². The maximum atomic E-state index is 15.7. The molecule has 1 aliphatic rings. The van der Waals surface area contributed by atoms with E-state index in [2.05, 4.69) is 10.1 Å². The van der Waals surface area contributed by atoms with Crippen LogP contribution in [-0.4, -0.2) is 43.0 Å². The molecular formula is C35H37FN4O5. The second kappa shape index (κ2) is 11.1. The molecule has 45 heavy (non-hydrogen) atoms. The van der Waals surface area contributed by atoms with Gasteiger partial charge in [-0.05, 0) is 96.7 Å². The van der Waals surface area contributed by atoms with Gasteiger partial charge in [0, 0.05) is 46.6 Å². The Hall–Kier alpha value is -4.57. The van der Waals surface area contributed by atoms with Crippen molar-refractivity contribution >= 4 is 17.0 Å². The lowest BCUT2D eigenvalue weighted by atomic mass is 9.86. The van der Waals surface area contributed by atoms with Crippen LogP contribution in [0.15, 0.2) is 35.0 Å². The largest absolute Gasteiger partial charge is 0.490 e. The first-order chi connectivity index (χ1) is 21.3. The van der Waals surface area contributed by atoms with Crippen LogP contribution in [-0.2, 0) is 23.0 Å². The molecule has 5 heterocycles. The maximum absolute atomic E-state index is 15.7. The standard InChI is InChI=1S/C35H37FN4O5/c1-17-22-10-9-13-43-31(22)25(36)15-23(17)30-24-16-27(21-11-12-37-26(14-21)28-19(3)39-45-20(28)4)40(8)33(24)38-18(2)29(30)32(34(41)42)44-35(5,6)7/h11-12,14-16,32H,9-10,13H2,1-8H3,(H,41,42)/t32-/m0/s1. The molecule has 0 amide bonds. The molecule has 0 fully saturated rings. The smallest absolute Gasteiger partial charge is 0.337 e. The SMILES string of the molecule is Cc1noc(C)c1-c1cc(-c2cc3c(-c4cc(F)c5c(c4C)CCCO5)c([C@H](OC(C)(C)C)C(=O)O)c(C)nc3n2C)ccn1. The predicted octanol–water partition coefficient (Wildman–Crippen LogP) is 7.60. The van der Waals surface area contributed by atoms with Gasteiger partial charge in [0.15, 0.2) is 17.7 Å². The van der Waals surface area contributed by atoms with Gasteiger partial charge in [0.25, 0.3) is 0 Å². The number of pyridine rings is 2. The van der Waals surface area contributed by atoms with Gasteiger partial charge >= 0.3 is 5.97 Å². The summed E-state index contributed by atoms with van der Waals surface area (Å²) in [6, 6.07) is 7.32. The highest BCUT2D eigenvalue weighted by atomic mass is 19.1. The molecule has 10 heteroatoms. The van der Waals surface area contributed by atoms with E-state index < -0.39 is 23.5 Å². The summed E-state index contributed by atoms with van der Waals surface area (Å²) in [6.45, 7) is 13.3. The summed E-state index contributed by atoms with van der Waals surface area (Å²) in [5.41, 5.74) is 7.54. The summed E-state index contributed by atoms with van der Waals surface area (Å²) < 4.78 is 35.0. The van der Waals surface area contributed by atoms with E-state index in [-0.39, 0.29) is 5.75 Å². The minimum atomic E-state index is -1.35. The first-order valence-corrected chi connectivity index (χ1v) is 15.0. The molecule has 0 spiro atoms. The van der Waals surface area contributed by atoms with Crippen LogP contribution < -0.4 is 4.74 Å². The number of aryl methyl sites for hydroxylation is 4. The fraction of sp³-hybridized carbons (Fsp3) is 0.371. The fourth-order valence-electron chi connectivity index (χ4n) is 6.42. The number of carboxylic acid groups (broad SMARTS) is 1. The lowest BCUT2D eigenvalue weighted by molar-refractivity contribution is -0.160. The number of aromatic nitrogens is 4. The molecule has 0 saturated heterocycles. The molecule has 0 saturated carbocycles. The Labute approximate surface area is 261 Å². The second-order valence-corrected chi connectivity index (χ2v) is 12.7. The van der Waals surface area contributed by atoms with Gasteiger partial charge in [-0.15, -0.1) is 0 Å². The average molecular weight is 613 g/mol. The van der Waals surface area contributed by atoms with Gasteiger partial charge in [-0.3, -0.25) is 4.98 Å². The molecule has 1 aromatic carbocycles. The van der Waals surface area contributed by atoms with E-state index in [9.17, 15) is 9.90 Å². The van der Waals surface area contributed by atoms with Crippen LogP contribution >= 0.6 is 0 Å². The molecule has 0 unspecified atom stereocenters. The van der Waals surface area contributed by atoms with Gasteiger partial charge in [0.1, 0.15) is 11.4 Å². The first-order valence-electron chi connectivity index (χ1n) is 15.0. The number of benzene rings is 1. The summed E-state index contributed by atoms with van der Waals surface area (Å²) in [5, 5.41) is 15.3. The summed E-state index contributed by atoms with van der Waals surface area (Å²) in [5.74, 6) is -0.684. The molecule has 234 valence electrons. The molecule has 1 aliphatic heterocycles. The second-order valence-electron chi connectivity index (χ2n) is 12.7. The summed E-state index contributed by atoms with van der Waals surface area (Å²) in [4.78, 5) is 22.4. The van der Waals surface area contributed by atoms with E-state index in [0.29, 0.717) is 52.2 Å². The maximum Gasteiger partial charge on any atom is 0.337 e. The summed E-state index contributed by atoms with van der Waals surface area (Å²) >= 11 is 0. The molecule has 0 bridgehead atoms. The van der Waals surface area contributed by atoms with Crippen LogP contribution in [0.4, 0.5) is 4.39 Å². The predicted molar refractivity (Wildman–Crippen MR) is 169 cm³/mol. The minimum absolute atomic E-state index is 0.268. The normalized spacial score (nSPS) is 14.0. The van der Waals surface area contributed by atoms with Crippen LogP contribution in [0.1, 0.15) is 67.1 Å². The van der Waals surface area contributed by atoms with Crippen molar-refractivity contribution in [3.8, 4) is 39.4 Å². The van der Waals surface area contributed by atoms with Crippen LogP contribution in [0.25, 0.3) is 44.7 Å². The number of fused-ring (bicyclic) bond motifs is 2. The molecule has 0 aliphatic carbocycles. The van der Waals surface area contributed by atoms with Crippen molar-refractivity contribution < 1.29 is 28.3 Å². The van der Waals surface area contributed by atoms with Crippen molar-refractivity contribution in [1.82, 2.24) is 19.7 Å². The lowest BCUT2D eigenvalue weighted by Crippen LogP contribution is -2.28. The third-order valence-corrected chi connectivity index (χ3v) is 8.41. The summed E-state index contributed by atoms with van der Waals surface area (Å²) in [6.07, 6.45) is 1.82. The van der Waals surface area contributed by atoms with Crippen molar-refractivity contribution in [2.75, 3.05) is 6.61 Å². The van der Waals surface area contributed by atoms with Crippen LogP contribution in [0, 0.1) is 33.5 Å². The Balaban J connectivity index is 1.67. The Morgan fingerprint density at radius 1 is 1.11 bits per heavy atom. The van der Waals surface area contributed by atoms with Crippen molar-refractivity contribution in [2.45, 2.75) is 73.0 Å². The van der Waals surface area contributed by atoms with E-state index in [4.69, 9.17) is 19.0 Å². The number of rotatable bonds is 6. The molecule has 0 radical (unpaired) electrons. The minimum Gasteiger partial charge on any atom is -0.490 e. The van der Waals surface area contributed by atoms with E-state index in [0.717, 1.165) is 45.8 Å². The summed E-state index contributed by atoms with van der Waals surface area (Å²) in [7, 11) is 1.91. The van der Waals surface area contributed by atoms with Crippen molar-refractivity contribution in [2.24, 2.45) is 7.05 Å². The zero-order valence-corrected chi connectivity index (χ0v) is 26.8. The van der Waals surface area contributed by atoms with Gasteiger partial charge in [-0.25, -0.2) is 14.2 Å². The quantitative estimate of drug-likeness (QED) is 0.209. The number of carbonyl (C=O) groups is 1. The number of carboxylic acids is 1. The number of ether oxygens (including phenoxy) is 2. The van der Waals surface area contributed by atoms with Crippen LogP contribution in [0.2, 0.25) is 0 Å². The first kappa shape index (κ1) is 30.5. The number of nitrogens with zero attached hydrogens (tertiary/aromatic N) is 4. The number of hydrogen-bond donors (Lipinski definition) is 1. The van der Waals surface area contributed by atoms with Crippen molar-refractivity contribution in [1.29, 1.82) is 0 Å². The van der Waals surface area contributed by atoms with Gasteiger partial charge in [0.05, 0.1) is 34.9 Å². The molecule has 1 N–H and O–H groups in total. The lowest BCUT2D eigenvalue weighted by Gasteiger charge is -2.29. The van der Waals surface area contributed by atoms with E-state index >= 15 is 4.39 Å². The number of hydrogen-bond acceptors (Lipinski definition) is 7. The Morgan fingerprint density at radius 3 is 2.53 bits per heavy atom. The molecule has 9 nitrogen and oxygen atoms in total. The molecule has 4 aromatic heterocycles. The highest BCUT2D eigenvalue weighted by Crippen LogP contribution is 2.45. The molecule has 5 aromatic rings.